The van der Waals surface area contributed by atoms with E-state index in [0.29, 0.717) is 25.9 Å². The van der Waals surface area contributed by atoms with Crippen LogP contribution in [0.3, 0.4) is 0 Å². The highest BCUT2D eigenvalue weighted by molar-refractivity contribution is 7.88. The fourth-order valence-corrected chi connectivity index (χ4v) is 6.02. The van der Waals surface area contributed by atoms with Gasteiger partial charge in [-0.3, -0.25) is 15.0 Å². The zero-order chi connectivity index (χ0) is 30.0. The third-order valence-electron chi connectivity index (χ3n) is 7.25. The summed E-state index contributed by atoms with van der Waals surface area (Å²) in [6.45, 7) is 8.50. The minimum atomic E-state index is -3.72. The average Bonchev–Trinajstić information content (AvgIpc) is 2.92. The molecule has 1 saturated heterocycles. The van der Waals surface area contributed by atoms with Crippen LogP contribution in [0.25, 0.3) is 16.8 Å². The number of allylic oxidation sites excluding steroid dienone is 1. The number of sulfonamides is 1. The smallest absolute Gasteiger partial charge is 0.248 e. The molecule has 0 unspecified atom stereocenters. The summed E-state index contributed by atoms with van der Waals surface area (Å²) in [4.78, 5) is 35.6. The number of hydrazine groups is 1. The molecule has 3 N–H and O–H groups in total. The molecule has 0 aromatic heterocycles. The van der Waals surface area contributed by atoms with Gasteiger partial charge in [0, 0.05) is 13.0 Å². The summed E-state index contributed by atoms with van der Waals surface area (Å²) < 4.78 is 29.4. The lowest BCUT2D eigenvalue weighted by atomic mass is 9.64. The molecule has 9 nitrogen and oxygen atoms in total. The fourth-order valence-electron chi connectivity index (χ4n) is 5.74. The molecule has 0 radical (unpaired) electrons. The number of amides is 2. The van der Waals surface area contributed by atoms with Gasteiger partial charge >= 0.3 is 0 Å². The van der Waals surface area contributed by atoms with E-state index in [1.54, 1.807) is 0 Å². The van der Waals surface area contributed by atoms with Gasteiger partial charge in [-0.05, 0) is 60.3 Å². The standard InChI is InChI=1S/C31H45N3O6S/c1-22(2)20-31(21-23(3)4,30(36)32-34-41(5,37)38)27(29(35)33-40-28-18-8-9-19-39-28)17-11-15-25-14-10-13-24-12-6-7-16-26(24)25/h6-7,10-16,22-23,27-28,34H,8-9,17-21H2,1-5H3,(H,32,36)(H,33,35)/t27-,28-/m1/s1. The summed E-state index contributed by atoms with van der Waals surface area (Å²) in [6.07, 6.45) is 7.79. The summed E-state index contributed by atoms with van der Waals surface area (Å²) in [6, 6.07) is 14.1. The second kappa shape index (κ2) is 14.9. The number of nitrogens with one attached hydrogen (secondary N) is 3. The first-order chi connectivity index (χ1) is 19.4. The number of benzene rings is 2. The maximum absolute atomic E-state index is 13.9. The fraction of sp³-hybridized carbons (Fsp3) is 0.548. The van der Waals surface area contributed by atoms with Crippen LogP contribution in [0.4, 0.5) is 0 Å². The monoisotopic (exact) mass is 587 g/mol. The second-order valence-corrected chi connectivity index (χ2v) is 13.6. The Morgan fingerprint density at radius 1 is 1.05 bits per heavy atom. The number of rotatable bonds is 14. The molecule has 0 bridgehead atoms. The summed E-state index contributed by atoms with van der Waals surface area (Å²) in [5, 5.41) is 2.18. The van der Waals surface area contributed by atoms with Crippen LogP contribution in [-0.2, 0) is 29.2 Å². The molecule has 0 saturated carbocycles. The summed E-state index contributed by atoms with van der Waals surface area (Å²) in [7, 11) is -3.72. The van der Waals surface area contributed by atoms with Crippen molar-refractivity contribution in [1.82, 2.24) is 15.7 Å². The van der Waals surface area contributed by atoms with Gasteiger partial charge in [0.2, 0.25) is 21.8 Å². The predicted molar refractivity (Wildman–Crippen MR) is 161 cm³/mol. The number of carbonyl (C=O) groups is 2. The van der Waals surface area contributed by atoms with E-state index in [4.69, 9.17) is 9.57 Å². The van der Waals surface area contributed by atoms with Gasteiger partial charge in [-0.2, -0.15) is 0 Å². The van der Waals surface area contributed by atoms with Crippen LogP contribution in [0.15, 0.2) is 48.5 Å². The summed E-state index contributed by atoms with van der Waals surface area (Å²) >= 11 is 0. The molecule has 3 rings (SSSR count). The molecule has 1 heterocycles. The zero-order valence-electron chi connectivity index (χ0n) is 24.8. The van der Waals surface area contributed by atoms with E-state index in [9.17, 15) is 18.0 Å². The van der Waals surface area contributed by atoms with Crippen LogP contribution in [-0.4, -0.2) is 39.4 Å². The van der Waals surface area contributed by atoms with Crippen LogP contribution in [0.1, 0.15) is 71.8 Å². The third-order valence-corrected chi connectivity index (χ3v) is 7.72. The van der Waals surface area contributed by atoms with Crippen molar-refractivity contribution in [3.05, 3.63) is 54.1 Å². The SMILES string of the molecule is CC(C)CC(CC(C)C)(C(=O)NNS(C)(=O)=O)[C@H](CC=Cc1cccc2ccccc12)C(=O)NO[C@@H]1CCCCO1. The molecule has 2 amide bonds. The lowest BCUT2D eigenvalue weighted by Crippen LogP contribution is -2.56. The quantitative estimate of drug-likeness (QED) is 0.265. The third kappa shape index (κ3) is 9.63. The normalized spacial score (nSPS) is 17.3. The van der Waals surface area contributed by atoms with Crippen molar-refractivity contribution in [2.45, 2.75) is 72.5 Å². The Balaban J connectivity index is 2.00. The topological polar surface area (TPSA) is 123 Å². The van der Waals surface area contributed by atoms with E-state index >= 15 is 0 Å². The van der Waals surface area contributed by atoms with Gasteiger partial charge in [-0.1, -0.05) is 82.3 Å². The van der Waals surface area contributed by atoms with Gasteiger partial charge in [0.15, 0.2) is 6.29 Å². The molecule has 2 aromatic rings. The Kier molecular flexibility index (Phi) is 11.9. The molecule has 1 fully saturated rings. The highest BCUT2D eigenvalue weighted by atomic mass is 32.2. The summed E-state index contributed by atoms with van der Waals surface area (Å²) in [5.41, 5.74) is 4.76. The predicted octanol–water partition coefficient (Wildman–Crippen LogP) is 5.09. The van der Waals surface area contributed by atoms with E-state index in [2.05, 4.69) is 15.7 Å². The van der Waals surface area contributed by atoms with E-state index in [-0.39, 0.29) is 18.3 Å². The lowest BCUT2D eigenvalue weighted by Gasteiger charge is -2.41. The van der Waals surface area contributed by atoms with Gasteiger partial charge < -0.3 is 4.74 Å². The Bertz CT molecular complexity index is 1290. The van der Waals surface area contributed by atoms with E-state index in [1.807, 2.05) is 82.3 Å². The highest BCUT2D eigenvalue weighted by Gasteiger charge is 2.49. The largest absolute Gasteiger partial charge is 0.350 e. The average molecular weight is 588 g/mol. The second-order valence-electron chi connectivity index (χ2n) is 11.8. The number of fused-ring (bicyclic) bond motifs is 1. The van der Waals surface area contributed by atoms with Crippen molar-refractivity contribution in [3.63, 3.8) is 0 Å². The van der Waals surface area contributed by atoms with Crippen LogP contribution in [0.2, 0.25) is 0 Å². The Hall–Kier alpha value is -2.79. The number of hydrogen-bond donors (Lipinski definition) is 3. The van der Waals surface area contributed by atoms with Gasteiger partial charge in [0.1, 0.15) is 0 Å². The van der Waals surface area contributed by atoms with Crippen molar-refractivity contribution in [3.8, 4) is 0 Å². The first-order valence-corrected chi connectivity index (χ1v) is 16.3. The highest BCUT2D eigenvalue weighted by Crippen LogP contribution is 2.43. The summed E-state index contributed by atoms with van der Waals surface area (Å²) in [5.74, 6) is -1.77. The van der Waals surface area contributed by atoms with Gasteiger partial charge in [0.05, 0.1) is 17.6 Å². The van der Waals surface area contributed by atoms with E-state index in [0.717, 1.165) is 35.4 Å². The number of carbonyl (C=O) groups excluding carboxylic acids is 2. The van der Waals surface area contributed by atoms with Gasteiger partial charge in [0.25, 0.3) is 0 Å². The van der Waals surface area contributed by atoms with Crippen LogP contribution in [0, 0.1) is 23.2 Å². The molecule has 2 atom stereocenters. The molecule has 226 valence electrons. The van der Waals surface area contributed by atoms with Crippen molar-refractivity contribution in [1.29, 1.82) is 0 Å². The maximum Gasteiger partial charge on any atom is 0.248 e. The van der Waals surface area contributed by atoms with Gasteiger partial charge in [-0.25, -0.2) is 18.7 Å². The first-order valence-electron chi connectivity index (χ1n) is 14.4. The zero-order valence-corrected chi connectivity index (χ0v) is 25.6. The van der Waals surface area contributed by atoms with E-state index in [1.165, 1.54) is 0 Å². The van der Waals surface area contributed by atoms with Crippen molar-refractivity contribution < 1.29 is 27.6 Å². The number of hydrogen-bond acceptors (Lipinski definition) is 6. The lowest BCUT2D eigenvalue weighted by molar-refractivity contribution is -0.204. The van der Waals surface area contributed by atoms with Crippen LogP contribution in [0.5, 0.6) is 0 Å². The van der Waals surface area contributed by atoms with Crippen molar-refractivity contribution in [2.75, 3.05) is 12.9 Å². The molecule has 1 aliphatic rings. The molecular formula is C31H45N3O6S. The number of hydroxylamine groups is 1. The molecule has 0 spiro atoms. The Morgan fingerprint density at radius 3 is 2.37 bits per heavy atom. The van der Waals surface area contributed by atoms with Crippen LogP contribution >= 0.6 is 0 Å². The van der Waals surface area contributed by atoms with Crippen LogP contribution < -0.4 is 15.7 Å². The van der Waals surface area contributed by atoms with Gasteiger partial charge in [-0.15, -0.1) is 4.83 Å². The minimum Gasteiger partial charge on any atom is -0.350 e. The van der Waals surface area contributed by atoms with E-state index < -0.39 is 39.5 Å². The van der Waals surface area contributed by atoms with Crippen molar-refractivity contribution >= 4 is 38.7 Å². The van der Waals surface area contributed by atoms with Crippen molar-refractivity contribution in [2.24, 2.45) is 23.2 Å². The minimum absolute atomic E-state index is 0.0395. The first kappa shape index (κ1) is 32.7. The molecule has 1 aliphatic heterocycles. The Labute approximate surface area is 244 Å². The molecule has 10 heteroatoms. The maximum atomic E-state index is 13.9. The molecule has 0 aliphatic carbocycles. The molecule has 41 heavy (non-hydrogen) atoms. The molecular weight excluding hydrogens is 542 g/mol. The number of ether oxygens (including phenoxy) is 1. The molecule has 2 aromatic carbocycles. The Morgan fingerprint density at radius 2 is 1.73 bits per heavy atom.